The zero-order valence-electron chi connectivity index (χ0n) is 16.6. The van der Waals surface area contributed by atoms with Crippen LogP contribution in [0.5, 0.6) is 0 Å². The van der Waals surface area contributed by atoms with Crippen molar-refractivity contribution in [2.45, 2.75) is 39.0 Å². The molecule has 3 rings (SSSR count). The van der Waals surface area contributed by atoms with E-state index >= 15 is 0 Å². The molecular formula is C23H26ClFN2O2. The average molecular weight is 417 g/mol. The molecule has 0 aliphatic carbocycles. The Morgan fingerprint density at radius 2 is 1.97 bits per heavy atom. The molecule has 154 valence electrons. The van der Waals surface area contributed by atoms with Gasteiger partial charge < -0.3 is 10.2 Å². The normalized spacial score (nSPS) is 12.9. The number of rotatable bonds is 9. The predicted molar refractivity (Wildman–Crippen MR) is 114 cm³/mol. The van der Waals surface area contributed by atoms with Crippen molar-refractivity contribution in [3.63, 3.8) is 0 Å². The number of carbonyl (C=O) groups is 2. The van der Waals surface area contributed by atoms with E-state index in [1.54, 1.807) is 17.9 Å². The standard InChI is InChI=1S/C23H26ClFN2O2/c1-16(28)27-13-10-18-14-19(6-8-22(18)27)23(29)4-2-3-11-26-12-9-17-5-7-20(25)15-21(17)24/h5-8,14-15,26H,2-4,9-13H2,1H3. The van der Waals surface area contributed by atoms with Gasteiger partial charge in [0, 0.05) is 36.2 Å². The van der Waals surface area contributed by atoms with Crippen molar-refractivity contribution >= 4 is 29.0 Å². The molecule has 1 N–H and O–H groups in total. The molecule has 0 radical (unpaired) electrons. The average Bonchev–Trinajstić information content (AvgIpc) is 3.12. The smallest absolute Gasteiger partial charge is 0.223 e. The summed E-state index contributed by atoms with van der Waals surface area (Å²) in [6, 6.07) is 10.1. The van der Waals surface area contributed by atoms with Gasteiger partial charge in [-0.25, -0.2) is 4.39 Å². The fraction of sp³-hybridized carbons (Fsp3) is 0.391. The van der Waals surface area contributed by atoms with Crippen LogP contribution in [-0.4, -0.2) is 31.3 Å². The fourth-order valence-corrected chi connectivity index (χ4v) is 3.92. The van der Waals surface area contributed by atoms with Crippen molar-refractivity contribution in [3.8, 4) is 0 Å². The molecule has 29 heavy (non-hydrogen) atoms. The third-order valence-corrected chi connectivity index (χ3v) is 5.62. The van der Waals surface area contributed by atoms with Crippen molar-refractivity contribution in [2.24, 2.45) is 0 Å². The highest BCUT2D eigenvalue weighted by Gasteiger charge is 2.22. The van der Waals surface area contributed by atoms with Gasteiger partial charge in [-0.05, 0) is 80.2 Å². The van der Waals surface area contributed by atoms with Gasteiger partial charge in [0.1, 0.15) is 5.82 Å². The van der Waals surface area contributed by atoms with Crippen LogP contribution >= 0.6 is 11.6 Å². The number of benzene rings is 2. The first-order chi connectivity index (χ1) is 14.0. The number of nitrogens with zero attached hydrogens (tertiary/aromatic N) is 1. The van der Waals surface area contributed by atoms with E-state index in [4.69, 9.17) is 11.6 Å². The Labute approximate surface area is 176 Å². The van der Waals surface area contributed by atoms with Gasteiger partial charge in [-0.3, -0.25) is 9.59 Å². The number of nitrogens with one attached hydrogen (secondary N) is 1. The van der Waals surface area contributed by atoms with Crippen molar-refractivity contribution in [3.05, 3.63) is 63.9 Å². The molecule has 4 nitrogen and oxygen atoms in total. The number of carbonyl (C=O) groups excluding carboxylic acids is 2. The van der Waals surface area contributed by atoms with E-state index < -0.39 is 0 Å². The van der Waals surface area contributed by atoms with Gasteiger partial charge in [-0.15, -0.1) is 0 Å². The molecule has 1 aliphatic rings. The van der Waals surface area contributed by atoms with E-state index in [1.165, 1.54) is 12.1 Å². The van der Waals surface area contributed by atoms with Crippen LogP contribution in [0.1, 0.15) is 47.7 Å². The van der Waals surface area contributed by atoms with Crippen molar-refractivity contribution in [1.29, 1.82) is 0 Å². The summed E-state index contributed by atoms with van der Waals surface area (Å²) in [6.07, 6.45) is 3.79. The number of Topliss-reactive ketones (excluding diaryl/α,β-unsaturated/α-hetero) is 1. The summed E-state index contributed by atoms with van der Waals surface area (Å²) in [7, 11) is 0. The van der Waals surface area contributed by atoms with E-state index in [0.717, 1.165) is 61.2 Å². The van der Waals surface area contributed by atoms with Crippen LogP contribution in [0.15, 0.2) is 36.4 Å². The highest BCUT2D eigenvalue weighted by molar-refractivity contribution is 6.31. The number of unbranched alkanes of at least 4 members (excludes halogenated alkanes) is 1. The topological polar surface area (TPSA) is 49.4 Å². The minimum Gasteiger partial charge on any atom is -0.316 e. The summed E-state index contributed by atoms with van der Waals surface area (Å²) >= 11 is 6.02. The molecule has 1 heterocycles. The molecule has 0 aromatic heterocycles. The molecule has 1 aliphatic heterocycles. The van der Waals surface area contributed by atoms with Crippen molar-refractivity contribution < 1.29 is 14.0 Å². The summed E-state index contributed by atoms with van der Waals surface area (Å²) in [5, 5.41) is 3.79. The number of ketones is 1. The molecule has 1 amide bonds. The number of hydrogen-bond donors (Lipinski definition) is 1. The van der Waals surface area contributed by atoms with Gasteiger partial charge in [0.25, 0.3) is 0 Å². The van der Waals surface area contributed by atoms with E-state index in [2.05, 4.69) is 5.32 Å². The maximum absolute atomic E-state index is 13.0. The largest absolute Gasteiger partial charge is 0.316 e. The lowest BCUT2D eigenvalue weighted by molar-refractivity contribution is -0.116. The Kier molecular flexibility index (Phi) is 7.40. The van der Waals surface area contributed by atoms with Crippen LogP contribution in [0.3, 0.4) is 0 Å². The summed E-state index contributed by atoms with van der Waals surface area (Å²) in [4.78, 5) is 25.8. The minimum absolute atomic E-state index is 0.0389. The maximum Gasteiger partial charge on any atom is 0.223 e. The molecular weight excluding hydrogens is 391 g/mol. The third-order valence-electron chi connectivity index (χ3n) is 5.27. The van der Waals surface area contributed by atoms with Crippen molar-refractivity contribution in [1.82, 2.24) is 5.32 Å². The first-order valence-corrected chi connectivity index (χ1v) is 10.4. The highest BCUT2D eigenvalue weighted by atomic mass is 35.5. The fourth-order valence-electron chi connectivity index (χ4n) is 3.65. The van der Waals surface area contributed by atoms with Crippen LogP contribution in [0.4, 0.5) is 10.1 Å². The monoisotopic (exact) mass is 416 g/mol. The first kappa shape index (κ1) is 21.5. The zero-order chi connectivity index (χ0) is 20.8. The quantitative estimate of drug-likeness (QED) is 0.481. The van der Waals surface area contributed by atoms with Crippen LogP contribution in [0, 0.1) is 5.82 Å². The lowest BCUT2D eigenvalue weighted by atomic mass is 10.0. The summed E-state index contributed by atoms with van der Waals surface area (Å²) in [6.45, 7) is 3.84. The molecule has 0 unspecified atom stereocenters. The van der Waals surface area contributed by atoms with E-state index in [1.807, 2.05) is 18.2 Å². The SMILES string of the molecule is CC(=O)N1CCc2cc(C(=O)CCCCNCCc3ccc(F)cc3Cl)ccc21. The number of anilines is 1. The first-order valence-electron chi connectivity index (χ1n) is 10.0. The van der Waals surface area contributed by atoms with Gasteiger partial charge in [0.05, 0.1) is 0 Å². The minimum atomic E-state index is -0.323. The van der Waals surface area contributed by atoms with Crippen LogP contribution in [-0.2, 0) is 17.6 Å². The molecule has 0 atom stereocenters. The lowest BCUT2D eigenvalue weighted by Gasteiger charge is -2.14. The van der Waals surface area contributed by atoms with Gasteiger partial charge in [0.15, 0.2) is 5.78 Å². The second kappa shape index (κ2) is 9.99. The van der Waals surface area contributed by atoms with Gasteiger partial charge >= 0.3 is 0 Å². The second-order valence-corrected chi connectivity index (χ2v) is 7.79. The number of fused-ring (bicyclic) bond motifs is 1. The Hall–Kier alpha value is -2.24. The number of hydrogen-bond acceptors (Lipinski definition) is 3. The number of amides is 1. The Balaban J connectivity index is 1.36. The third kappa shape index (κ3) is 5.64. The highest BCUT2D eigenvalue weighted by Crippen LogP contribution is 2.29. The van der Waals surface area contributed by atoms with Crippen LogP contribution in [0.25, 0.3) is 0 Å². The van der Waals surface area contributed by atoms with E-state index in [9.17, 15) is 14.0 Å². The maximum atomic E-state index is 13.0. The van der Waals surface area contributed by atoms with Crippen molar-refractivity contribution in [2.75, 3.05) is 24.5 Å². The van der Waals surface area contributed by atoms with E-state index in [0.29, 0.717) is 18.0 Å². The molecule has 0 saturated heterocycles. The molecule has 2 aromatic rings. The molecule has 0 spiro atoms. The van der Waals surface area contributed by atoms with Gasteiger partial charge in [-0.1, -0.05) is 17.7 Å². The molecule has 0 saturated carbocycles. The molecule has 0 fully saturated rings. The van der Waals surface area contributed by atoms with Gasteiger partial charge in [0.2, 0.25) is 5.91 Å². The lowest BCUT2D eigenvalue weighted by Crippen LogP contribution is -2.25. The van der Waals surface area contributed by atoms with Crippen LogP contribution < -0.4 is 10.2 Å². The van der Waals surface area contributed by atoms with E-state index in [-0.39, 0.29) is 17.5 Å². The zero-order valence-corrected chi connectivity index (χ0v) is 17.4. The molecule has 2 aromatic carbocycles. The Bertz CT molecular complexity index is 900. The van der Waals surface area contributed by atoms with Gasteiger partial charge in [-0.2, -0.15) is 0 Å². The predicted octanol–water partition coefficient (Wildman–Crippen LogP) is 4.57. The Morgan fingerprint density at radius 3 is 2.72 bits per heavy atom. The number of halogens is 2. The Morgan fingerprint density at radius 1 is 1.14 bits per heavy atom. The summed E-state index contributed by atoms with van der Waals surface area (Å²) in [5.74, 6) is -0.139. The second-order valence-electron chi connectivity index (χ2n) is 7.38. The van der Waals surface area contributed by atoms with Crippen LogP contribution in [0.2, 0.25) is 5.02 Å². The summed E-state index contributed by atoms with van der Waals surface area (Å²) < 4.78 is 13.0. The molecule has 0 bridgehead atoms. The summed E-state index contributed by atoms with van der Waals surface area (Å²) in [5.41, 5.74) is 3.66. The molecule has 6 heteroatoms.